The first-order valence-electron chi connectivity index (χ1n) is 8.72. The van der Waals surface area contributed by atoms with Gasteiger partial charge < -0.3 is 15.0 Å². The number of morpholine rings is 1. The number of carbonyl (C=O) groups is 1. The highest BCUT2D eigenvalue weighted by Gasteiger charge is 2.12. The molecule has 0 unspecified atom stereocenters. The summed E-state index contributed by atoms with van der Waals surface area (Å²) in [5.41, 5.74) is 4.51. The SMILES string of the molecule is Cc1ccc(CC(=O)NCc2ccc(N3CCOCC3)nc2)cc1C. The van der Waals surface area contributed by atoms with Crippen LogP contribution in [0.25, 0.3) is 0 Å². The van der Waals surface area contributed by atoms with E-state index in [0.717, 1.165) is 43.2 Å². The van der Waals surface area contributed by atoms with Crippen LogP contribution in [0.1, 0.15) is 22.3 Å². The van der Waals surface area contributed by atoms with Crippen molar-refractivity contribution in [2.45, 2.75) is 26.8 Å². The molecule has 2 heterocycles. The zero-order chi connectivity index (χ0) is 17.6. The Balaban J connectivity index is 1.50. The Kier molecular flexibility index (Phi) is 5.66. The van der Waals surface area contributed by atoms with Crippen molar-refractivity contribution >= 4 is 11.7 Å². The summed E-state index contributed by atoms with van der Waals surface area (Å²) >= 11 is 0. The van der Waals surface area contributed by atoms with Crippen molar-refractivity contribution in [1.82, 2.24) is 10.3 Å². The lowest BCUT2D eigenvalue weighted by Gasteiger charge is -2.27. The normalized spacial score (nSPS) is 14.4. The molecule has 1 aliphatic heterocycles. The van der Waals surface area contributed by atoms with Crippen molar-refractivity contribution in [1.29, 1.82) is 0 Å². The van der Waals surface area contributed by atoms with Gasteiger partial charge in [-0.3, -0.25) is 4.79 Å². The number of carbonyl (C=O) groups excluding carboxylic acids is 1. The molecule has 0 radical (unpaired) electrons. The Labute approximate surface area is 149 Å². The molecule has 1 aromatic heterocycles. The van der Waals surface area contributed by atoms with Crippen LogP contribution in [0.15, 0.2) is 36.5 Å². The van der Waals surface area contributed by atoms with Crippen molar-refractivity contribution in [2.75, 3.05) is 31.2 Å². The predicted octanol–water partition coefficient (Wildman–Crippen LogP) is 2.39. The largest absolute Gasteiger partial charge is 0.378 e. The lowest BCUT2D eigenvalue weighted by atomic mass is 10.0. The van der Waals surface area contributed by atoms with Gasteiger partial charge in [0.05, 0.1) is 19.6 Å². The van der Waals surface area contributed by atoms with Gasteiger partial charge in [0, 0.05) is 25.8 Å². The highest BCUT2D eigenvalue weighted by Crippen LogP contribution is 2.13. The molecule has 2 aromatic rings. The number of aromatic nitrogens is 1. The molecule has 1 aliphatic rings. The summed E-state index contributed by atoms with van der Waals surface area (Å²) < 4.78 is 5.36. The minimum absolute atomic E-state index is 0.0282. The molecule has 0 bridgehead atoms. The van der Waals surface area contributed by atoms with Crippen LogP contribution in [0.2, 0.25) is 0 Å². The van der Waals surface area contributed by atoms with E-state index in [1.54, 1.807) is 0 Å². The Hall–Kier alpha value is -2.40. The second-order valence-electron chi connectivity index (χ2n) is 6.50. The number of hydrogen-bond donors (Lipinski definition) is 1. The van der Waals surface area contributed by atoms with Crippen LogP contribution in [0, 0.1) is 13.8 Å². The molecule has 0 atom stereocenters. The third-order valence-electron chi connectivity index (χ3n) is 4.57. The van der Waals surface area contributed by atoms with Crippen molar-refractivity contribution in [3.8, 4) is 0 Å². The molecule has 0 aliphatic carbocycles. The van der Waals surface area contributed by atoms with Gasteiger partial charge in [-0.15, -0.1) is 0 Å². The second kappa shape index (κ2) is 8.12. The lowest BCUT2D eigenvalue weighted by molar-refractivity contribution is -0.120. The first kappa shape index (κ1) is 17.4. The minimum atomic E-state index is 0.0282. The maximum absolute atomic E-state index is 12.1. The first-order valence-corrected chi connectivity index (χ1v) is 8.72. The summed E-state index contributed by atoms with van der Waals surface area (Å²) in [4.78, 5) is 18.9. The molecule has 5 heteroatoms. The number of aryl methyl sites for hydroxylation is 2. The lowest BCUT2D eigenvalue weighted by Crippen LogP contribution is -2.36. The summed E-state index contributed by atoms with van der Waals surface area (Å²) in [6.07, 6.45) is 2.24. The summed E-state index contributed by atoms with van der Waals surface area (Å²) in [7, 11) is 0. The molecule has 25 heavy (non-hydrogen) atoms. The van der Waals surface area contributed by atoms with Gasteiger partial charge >= 0.3 is 0 Å². The fraction of sp³-hybridized carbons (Fsp3) is 0.400. The summed E-state index contributed by atoms with van der Waals surface area (Å²) in [5, 5.41) is 2.97. The summed E-state index contributed by atoms with van der Waals surface area (Å²) in [6.45, 7) is 7.89. The number of rotatable bonds is 5. The number of ether oxygens (including phenoxy) is 1. The molecule has 0 spiro atoms. The van der Waals surface area contributed by atoms with E-state index in [-0.39, 0.29) is 5.91 Å². The Bertz CT molecular complexity index is 722. The molecule has 1 aromatic carbocycles. The second-order valence-corrected chi connectivity index (χ2v) is 6.50. The van der Waals surface area contributed by atoms with Gasteiger partial charge in [0.25, 0.3) is 0 Å². The maximum atomic E-state index is 12.1. The van der Waals surface area contributed by atoms with E-state index < -0.39 is 0 Å². The fourth-order valence-electron chi connectivity index (χ4n) is 2.86. The van der Waals surface area contributed by atoms with E-state index in [1.807, 2.05) is 24.4 Å². The van der Waals surface area contributed by atoms with Crippen LogP contribution in [0.5, 0.6) is 0 Å². The minimum Gasteiger partial charge on any atom is -0.378 e. The smallest absolute Gasteiger partial charge is 0.224 e. The van der Waals surface area contributed by atoms with E-state index in [9.17, 15) is 4.79 Å². The Morgan fingerprint density at radius 2 is 1.88 bits per heavy atom. The molecule has 5 nitrogen and oxygen atoms in total. The monoisotopic (exact) mass is 339 g/mol. The first-order chi connectivity index (χ1) is 12.1. The van der Waals surface area contributed by atoms with E-state index in [4.69, 9.17) is 4.74 Å². The topological polar surface area (TPSA) is 54.5 Å². The molecular formula is C20H25N3O2. The quantitative estimate of drug-likeness (QED) is 0.909. The Morgan fingerprint density at radius 3 is 2.56 bits per heavy atom. The van der Waals surface area contributed by atoms with Crippen LogP contribution in [-0.4, -0.2) is 37.2 Å². The van der Waals surface area contributed by atoms with Crippen molar-refractivity contribution in [2.24, 2.45) is 0 Å². The van der Waals surface area contributed by atoms with Gasteiger partial charge in [-0.1, -0.05) is 24.3 Å². The number of hydrogen-bond acceptors (Lipinski definition) is 4. The van der Waals surface area contributed by atoms with Gasteiger partial charge in [-0.2, -0.15) is 0 Å². The predicted molar refractivity (Wildman–Crippen MR) is 98.7 cm³/mol. The number of nitrogens with zero attached hydrogens (tertiary/aromatic N) is 2. The number of anilines is 1. The van der Waals surface area contributed by atoms with Crippen LogP contribution >= 0.6 is 0 Å². The molecule has 0 saturated carbocycles. The zero-order valence-electron chi connectivity index (χ0n) is 14.9. The van der Waals surface area contributed by atoms with Crippen molar-refractivity contribution in [3.63, 3.8) is 0 Å². The molecule has 132 valence electrons. The fourth-order valence-corrected chi connectivity index (χ4v) is 2.86. The van der Waals surface area contributed by atoms with E-state index >= 15 is 0 Å². The molecular weight excluding hydrogens is 314 g/mol. The zero-order valence-corrected chi connectivity index (χ0v) is 14.9. The van der Waals surface area contributed by atoms with Crippen LogP contribution < -0.4 is 10.2 Å². The number of benzene rings is 1. The molecule has 1 N–H and O–H groups in total. The van der Waals surface area contributed by atoms with E-state index in [1.165, 1.54) is 11.1 Å². The van der Waals surface area contributed by atoms with Gasteiger partial charge in [0.2, 0.25) is 5.91 Å². The van der Waals surface area contributed by atoms with Crippen LogP contribution in [0.4, 0.5) is 5.82 Å². The summed E-state index contributed by atoms with van der Waals surface area (Å²) in [6, 6.07) is 10.2. The Morgan fingerprint density at radius 1 is 1.12 bits per heavy atom. The third-order valence-corrected chi connectivity index (χ3v) is 4.57. The summed E-state index contributed by atoms with van der Waals surface area (Å²) in [5.74, 6) is 0.994. The number of amides is 1. The molecule has 3 rings (SSSR count). The number of nitrogens with one attached hydrogen (secondary N) is 1. The maximum Gasteiger partial charge on any atom is 0.224 e. The molecule has 1 saturated heterocycles. The van der Waals surface area contributed by atoms with Gasteiger partial charge in [-0.25, -0.2) is 4.98 Å². The van der Waals surface area contributed by atoms with Crippen molar-refractivity contribution < 1.29 is 9.53 Å². The molecule has 1 amide bonds. The van der Waals surface area contributed by atoms with Crippen molar-refractivity contribution in [3.05, 3.63) is 58.8 Å². The van der Waals surface area contributed by atoms with Crippen LogP contribution in [-0.2, 0) is 22.5 Å². The standard InChI is InChI=1S/C20H25N3O2/c1-15-3-4-17(11-16(15)2)12-20(24)22-14-18-5-6-19(21-13-18)23-7-9-25-10-8-23/h3-6,11,13H,7-10,12,14H2,1-2H3,(H,22,24). The highest BCUT2D eigenvalue weighted by atomic mass is 16.5. The van der Waals surface area contributed by atoms with Crippen LogP contribution in [0.3, 0.4) is 0 Å². The van der Waals surface area contributed by atoms with Gasteiger partial charge in [-0.05, 0) is 42.2 Å². The average molecular weight is 339 g/mol. The van der Waals surface area contributed by atoms with Gasteiger partial charge in [0.1, 0.15) is 5.82 Å². The van der Waals surface area contributed by atoms with E-state index in [2.05, 4.69) is 41.2 Å². The van der Waals surface area contributed by atoms with Gasteiger partial charge in [0.15, 0.2) is 0 Å². The average Bonchev–Trinajstić information content (AvgIpc) is 2.64. The third kappa shape index (κ3) is 4.79. The molecule has 1 fully saturated rings. The number of pyridine rings is 1. The van der Waals surface area contributed by atoms with E-state index in [0.29, 0.717) is 13.0 Å². The highest BCUT2D eigenvalue weighted by molar-refractivity contribution is 5.78.